The average Bonchev–Trinajstić information content (AvgIpc) is 3.09. The zero-order chi connectivity index (χ0) is 20.9. The normalized spacial score (nSPS) is 28.0. The molecule has 0 radical (unpaired) electrons. The van der Waals surface area contributed by atoms with E-state index in [2.05, 4.69) is 15.0 Å². The number of aliphatic hydroxyl groups is 2. The van der Waals surface area contributed by atoms with Gasteiger partial charge in [0.05, 0.1) is 18.0 Å². The Morgan fingerprint density at radius 3 is 2.68 bits per heavy atom. The number of nitrogen functional groups attached to an aromatic ring is 1. The molecule has 1 saturated heterocycles. The second-order valence-electron chi connectivity index (χ2n) is 6.83. The summed E-state index contributed by atoms with van der Waals surface area (Å²) in [7, 11) is -4.76. The SMILES string of the molecule is CCC(C)(C[C@H]1O[C@@H](n2cnc3c(Cl)nc(N)nc32)[C@H](O)[C@@H]1O)OP(=O)(O)O. The Kier molecular flexibility index (Phi) is 5.69. The highest BCUT2D eigenvalue weighted by Gasteiger charge is 2.48. The molecule has 0 saturated carbocycles. The van der Waals surface area contributed by atoms with Crippen molar-refractivity contribution in [3.8, 4) is 0 Å². The van der Waals surface area contributed by atoms with E-state index in [1.165, 1.54) is 17.8 Å². The second kappa shape index (κ2) is 7.47. The van der Waals surface area contributed by atoms with E-state index in [1.54, 1.807) is 6.92 Å². The molecule has 1 fully saturated rings. The first-order valence-corrected chi connectivity index (χ1v) is 10.3. The van der Waals surface area contributed by atoms with Gasteiger partial charge in [0, 0.05) is 6.42 Å². The summed E-state index contributed by atoms with van der Waals surface area (Å²) in [5.74, 6) is -0.0996. The van der Waals surface area contributed by atoms with Crippen LogP contribution >= 0.6 is 19.4 Å². The number of imidazole rings is 1. The van der Waals surface area contributed by atoms with E-state index < -0.39 is 38.0 Å². The van der Waals surface area contributed by atoms with Gasteiger partial charge in [-0.3, -0.25) is 9.09 Å². The van der Waals surface area contributed by atoms with Crippen LogP contribution in [0.5, 0.6) is 0 Å². The molecule has 1 unspecified atom stereocenters. The number of nitrogens with zero attached hydrogens (tertiary/aromatic N) is 4. The molecule has 0 aliphatic carbocycles. The number of fused-ring (bicyclic) bond motifs is 1. The molecule has 1 aliphatic heterocycles. The van der Waals surface area contributed by atoms with E-state index >= 15 is 0 Å². The van der Waals surface area contributed by atoms with Gasteiger partial charge in [-0.25, -0.2) is 9.55 Å². The topological polar surface area (TPSA) is 186 Å². The molecule has 3 heterocycles. The summed E-state index contributed by atoms with van der Waals surface area (Å²) in [4.78, 5) is 30.2. The summed E-state index contributed by atoms with van der Waals surface area (Å²) in [6.07, 6.45) is -3.28. The molecule has 6 N–H and O–H groups in total. The standard InChI is InChI=1S/C14H21ClN5O7P/c1-3-14(2,27-28(23,24)25)4-6-8(21)9(22)12(26-6)20-5-17-7-10(15)18-13(16)19-11(7)20/h5-6,8-9,12,21-22H,3-4H2,1-2H3,(H2,16,18,19)(H2,23,24,25)/t6-,8-,9-,12-,14?/m1/s1. The third kappa shape index (κ3) is 4.14. The lowest BCUT2D eigenvalue weighted by molar-refractivity contribution is -0.0682. The highest BCUT2D eigenvalue weighted by atomic mass is 35.5. The van der Waals surface area contributed by atoms with Gasteiger partial charge >= 0.3 is 7.82 Å². The number of rotatable bonds is 6. The first kappa shape index (κ1) is 21.3. The molecule has 2 aromatic rings. The van der Waals surface area contributed by atoms with Crippen LogP contribution in [0.25, 0.3) is 11.2 Å². The lowest BCUT2D eigenvalue weighted by atomic mass is 9.93. The molecule has 2 aromatic heterocycles. The predicted octanol–water partition coefficient (Wildman–Crippen LogP) is 0.349. The van der Waals surface area contributed by atoms with Crippen molar-refractivity contribution in [3.63, 3.8) is 0 Å². The molecule has 14 heteroatoms. The fraction of sp³-hybridized carbons (Fsp3) is 0.643. The maximum atomic E-state index is 11.3. The number of ether oxygens (including phenoxy) is 1. The molecular weight excluding hydrogens is 417 g/mol. The third-order valence-corrected chi connectivity index (χ3v) is 5.67. The van der Waals surface area contributed by atoms with Crippen LogP contribution in [0, 0.1) is 0 Å². The first-order chi connectivity index (χ1) is 12.9. The van der Waals surface area contributed by atoms with Gasteiger partial charge in [-0.05, 0) is 13.3 Å². The molecule has 5 atom stereocenters. The lowest BCUT2D eigenvalue weighted by Gasteiger charge is -2.31. The van der Waals surface area contributed by atoms with Crippen LogP contribution in [-0.2, 0) is 13.8 Å². The number of aromatic nitrogens is 4. The zero-order valence-electron chi connectivity index (χ0n) is 15.0. The molecule has 0 bridgehead atoms. The van der Waals surface area contributed by atoms with Gasteiger partial charge < -0.3 is 30.5 Å². The molecule has 0 amide bonds. The van der Waals surface area contributed by atoms with Crippen LogP contribution in [0.15, 0.2) is 6.33 Å². The third-order valence-electron chi connectivity index (χ3n) is 4.73. The number of aliphatic hydroxyl groups excluding tert-OH is 2. The predicted molar refractivity (Wildman–Crippen MR) is 97.1 cm³/mol. The summed E-state index contributed by atoms with van der Waals surface area (Å²) in [5, 5.41) is 20.9. The highest BCUT2D eigenvalue weighted by Crippen LogP contribution is 2.46. The Hall–Kier alpha value is -1.37. The summed E-state index contributed by atoms with van der Waals surface area (Å²) < 4.78 is 23.3. The van der Waals surface area contributed by atoms with Crippen molar-refractivity contribution in [3.05, 3.63) is 11.5 Å². The van der Waals surface area contributed by atoms with Gasteiger partial charge in [0.15, 0.2) is 17.0 Å². The van der Waals surface area contributed by atoms with Crippen molar-refractivity contribution >= 4 is 36.5 Å². The van der Waals surface area contributed by atoms with Crippen LogP contribution in [-0.4, -0.2) is 63.4 Å². The molecule has 156 valence electrons. The van der Waals surface area contributed by atoms with Crippen LogP contribution in [0.1, 0.15) is 32.9 Å². The molecule has 1 aliphatic rings. The smallest absolute Gasteiger partial charge is 0.388 e. The summed E-state index contributed by atoms with van der Waals surface area (Å²) in [6, 6.07) is 0. The van der Waals surface area contributed by atoms with Crippen LogP contribution in [0.4, 0.5) is 5.95 Å². The van der Waals surface area contributed by atoms with E-state index in [4.69, 9.17) is 36.4 Å². The number of halogens is 1. The maximum Gasteiger partial charge on any atom is 0.470 e. The lowest BCUT2D eigenvalue weighted by Crippen LogP contribution is -2.38. The van der Waals surface area contributed by atoms with E-state index in [1.807, 2.05) is 0 Å². The Labute approximate surface area is 164 Å². The van der Waals surface area contributed by atoms with E-state index in [-0.39, 0.29) is 35.1 Å². The van der Waals surface area contributed by atoms with E-state index in [9.17, 15) is 14.8 Å². The van der Waals surface area contributed by atoms with Gasteiger partial charge in [-0.15, -0.1) is 0 Å². The minimum Gasteiger partial charge on any atom is -0.388 e. The molecule has 3 rings (SSSR count). The zero-order valence-corrected chi connectivity index (χ0v) is 16.7. The van der Waals surface area contributed by atoms with Gasteiger partial charge in [-0.1, -0.05) is 18.5 Å². The van der Waals surface area contributed by atoms with Gasteiger partial charge in [0.2, 0.25) is 5.95 Å². The van der Waals surface area contributed by atoms with Crippen molar-refractivity contribution in [2.24, 2.45) is 0 Å². The second-order valence-corrected chi connectivity index (χ2v) is 8.35. The van der Waals surface area contributed by atoms with Crippen molar-refractivity contribution in [1.82, 2.24) is 19.5 Å². The number of phosphoric acid groups is 1. The molecule has 12 nitrogen and oxygen atoms in total. The van der Waals surface area contributed by atoms with Crippen molar-refractivity contribution in [2.45, 2.75) is 56.8 Å². The van der Waals surface area contributed by atoms with Crippen LogP contribution in [0.2, 0.25) is 5.15 Å². The first-order valence-electron chi connectivity index (χ1n) is 8.37. The molecular formula is C14H21ClN5O7P. The monoisotopic (exact) mass is 437 g/mol. The minimum atomic E-state index is -4.76. The van der Waals surface area contributed by atoms with Crippen LogP contribution < -0.4 is 5.73 Å². The van der Waals surface area contributed by atoms with Gasteiger partial charge in [0.25, 0.3) is 0 Å². The molecule has 28 heavy (non-hydrogen) atoms. The van der Waals surface area contributed by atoms with Crippen molar-refractivity contribution < 1.29 is 33.8 Å². The van der Waals surface area contributed by atoms with Crippen molar-refractivity contribution in [2.75, 3.05) is 5.73 Å². The molecule has 0 aromatic carbocycles. The quantitative estimate of drug-likeness (QED) is 0.310. The van der Waals surface area contributed by atoms with Gasteiger partial charge in [0.1, 0.15) is 17.7 Å². The minimum absolute atomic E-state index is 0.0273. The Bertz CT molecular complexity index is 923. The maximum absolute atomic E-state index is 11.3. The molecule has 0 spiro atoms. The number of nitrogens with two attached hydrogens (primary N) is 1. The summed E-state index contributed by atoms with van der Waals surface area (Å²) >= 11 is 5.99. The fourth-order valence-electron chi connectivity index (χ4n) is 3.17. The summed E-state index contributed by atoms with van der Waals surface area (Å²) in [6.45, 7) is 3.16. The Morgan fingerprint density at radius 2 is 2.07 bits per heavy atom. The largest absolute Gasteiger partial charge is 0.470 e. The Balaban J connectivity index is 1.88. The number of hydrogen-bond donors (Lipinski definition) is 5. The highest BCUT2D eigenvalue weighted by molar-refractivity contribution is 7.46. The number of phosphoric ester groups is 1. The average molecular weight is 438 g/mol. The van der Waals surface area contributed by atoms with E-state index in [0.717, 1.165) is 0 Å². The Morgan fingerprint density at radius 1 is 1.39 bits per heavy atom. The summed E-state index contributed by atoms with van der Waals surface area (Å²) in [5.41, 5.74) is 4.78. The van der Waals surface area contributed by atoms with Crippen LogP contribution in [0.3, 0.4) is 0 Å². The number of anilines is 1. The fourth-order valence-corrected chi connectivity index (χ4v) is 4.17. The van der Waals surface area contributed by atoms with Gasteiger partial charge in [-0.2, -0.15) is 9.97 Å². The number of hydrogen-bond acceptors (Lipinski definition) is 9. The van der Waals surface area contributed by atoms with Crippen molar-refractivity contribution in [1.29, 1.82) is 0 Å². The van der Waals surface area contributed by atoms with E-state index in [0.29, 0.717) is 0 Å².